The molecule has 1 aliphatic heterocycles. The Morgan fingerprint density at radius 1 is 1.03 bits per heavy atom. The lowest BCUT2D eigenvalue weighted by Gasteiger charge is -2.31. The van der Waals surface area contributed by atoms with Crippen LogP contribution in [-0.4, -0.2) is 44.5 Å². The molecule has 30 heavy (non-hydrogen) atoms. The van der Waals surface area contributed by atoms with E-state index in [0.29, 0.717) is 22.7 Å². The maximum absolute atomic E-state index is 12.4. The molecule has 2 aromatic carbocycles. The average Bonchev–Trinajstić information content (AvgIpc) is 3.21. The number of carbonyl (C=O) groups excluding carboxylic acids is 2. The summed E-state index contributed by atoms with van der Waals surface area (Å²) < 4.78 is 21.1. The van der Waals surface area contributed by atoms with Gasteiger partial charge >= 0.3 is 11.9 Å². The van der Waals surface area contributed by atoms with Crippen LogP contribution in [0.25, 0.3) is 22.6 Å². The van der Waals surface area contributed by atoms with Crippen LogP contribution < -0.4 is 4.90 Å². The van der Waals surface area contributed by atoms with E-state index in [-0.39, 0.29) is 24.6 Å². The number of ether oxygens (including phenoxy) is 3. The van der Waals surface area contributed by atoms with Gasteiger partial charge in [0.25, 0.3) is 0 Å². The van der Waals surface area contributed by atoms with Gasteiger partial charge in [-0.3, -0.25) is 0 Å². The predicted octanol–water partition coefficient (Wildman–Crippen LogP) is 3.20. The van der Waals surface area contributed by atoms with E-state index in [2.05, 4.69) is 4.98 Å². The summed E-state index contributed by atoms with van der Waals surface area (Å²) in [4.78, 5) is 30.7. The van der Waals surface area contributed by atoms with Crippen LogP contribution in [0.2, 0.25) is 0 Å². The minimum Gasteiger partial charge on any atom is -0.466 e. The van der Waals surface area contributed by atoms with Gasteiger partial charge in [-0.2, -0.15) is 0 Å². The van der Waals surface area contributed by atoms with Gasteiger partial charge in [0.05, 0.1) is 26.4 Å². The number of esters is 2. The zero-order valence-electron chi connectivity index (χ0n) is 16.8. The quantitative estimate of drug-likeness (QED) is 0.608. The molecule has 3 aromatic rings. The zero-order chi connectivity index (χ0) is 21.3. The van der Waals surface area contributed by atoms with Crippen molar-refractivity contribution in [2.45, 2.75) is 6.92 Å². The lowest BCUT2D eigenvalue weighted by molar-refractivity contribution is -0.140. The molecule has 1 aliphatic rings. The van der Waals surface area contributed by atoms with E-state index in [1.165, 1.54) is 14.2 Å². The van der Waals surface area contributed by atoms with Crippen LogP contribution in [0.15, 0.2) is 58.2 Å². The Bertz CT molecular complexity index is 1150. The number of carbonyl (C=O) groups is 2. The lowest BCUT2D eigenvalue weighted by Crippen LogP contribution is -2.38. The van der Waals surface area contributed by atoms with Gasteiger partial charge in [0, 0.05) is 17.3 Å². The van der Waals surface area contributed by atoms with Crippen molar-refractivity contribution in [1.82, 2.24) is 4.98 Å². The summed E-state index contributed by atoms with van der Waals surface area (Å²) in [6, 6.07) is 13.2. The number of anilines is 1. The molecular weight excluding hydrogens is 388 g/mol. The largest absolute Gasteiger partial charge is 0.466 e. The van der Waals surface area contributed by atoms with Gasteiger partial charge in [0.1, 0.15) is 17.9 Å². The third-order valence-electron chi connectivity index (χ3n) is 4.82. The van der Waals surface area contributed by atoms with E-state index in [9.17, 15) is 9.59 Å². The van der Waals surface area contributed by atoms with Crippen LogP contribution >= 0.6 is 0 Å². The molecule has 4 rings (SSSR count). The van der Waals surface area contributed by atoms with Crippen molar-refractivity contribution in [3.8, 4) is 11.5 Å². The second kappa shape index (κ2) is 8.00. The normalized spacial score (nSPS) is 14.2. The molecule has 0 radical (unpaired) electrons. The fraction of sp³-hybridized carbons (Fsp3) is 0.227. The van der Waals surface area contributed by atoms with E-state index in [1.54, 1.807) is 23.1 Å². The summed E-state index contributed by atoms with van der Waals surface area (Å²) in [7, 11) is 2.50. The Labute approximate surface area is 172 Å². The van der Waals surface area contributed by atoms with Crippen LogP contribution in [0.4, 0.5) is 5.69 Å². The van der Waals surface area contributed by atoms with Crippen molar-refractivity contribution >= 4 is 28.7 Å². The highest BCUT2D eigenvalue weighted by atomic mass is 16.5. The molecule has 0 N–H and O–H groups in total. The van der Waals surface area contributed by atoms with Crippen molar-refractivity contribution in [1.29, 1.82) is 0 Å². The number of nitrogens with zero attached hydrogens (tertiary/aromatic N) is 2. The number of hydrogen-bond donors (Lipinski definition) is 0. The van der Waals surface area contributed by atoms with E-state index in [1.807, 2.05) is 31.2 Å². The van der Waals surface area contributed by atoms with Crippen LogP contribution in [0.3, 0.4) is 0 Å². The Morgan fingerprint density at radius 3 is 2.47 bits per heavy atom. The number of fused-ring (bicyclic) bond motifs is 1. The molecule has 0 spiro atoms. The first kappa shape index (κ1) is 19.7. The van der Waals surface area contributed by atoms with Crippen molar-refractivity contribution in [3.63, 3.8) is 0 Å². The van der Waals surface area contributed by atoms with Gasteiger partial charge < -0.3 is 23.5 Å². The molecule has 0 amide bonds. The van der Waals surface area contributed by atoms with E-state index < -0.39 is 11.9 Å². The molecule has 8 heteroatoms. The fourth-order valence-corrected chi connectivity index (χ4v) is 3.25. The molecule has 1 aromatic heterocycles. The average molecular weight is 408 g/mol. The minimum absolute atomic E-state index is 0.0459. The molecule has 8 nitrogen and oxygen atoms in total. The molecule has 154 valence electrons. The van der Waals surface area contributed by atoms with Crippen LogP contribution in [0.1, 0.15) is 5.56 Å². The van der Waals surface area contributed by atoms with Crippen LogP contribution in [0, 0.1) is 6.92 Å². The van der Waals surface area contributed by atoms with E-state index in [0.717, 1.165) is 11.1 Å². The zero-order valence-corrected chi connectivity index (χ0v) is 16.8. The van der Waals surface area contributed by atoms with E-state index in [4.69, 9.17) is 18.6 Å². The summed E-state index contributed by atoms with van der Waals surface area (Å²) in [6.07, 6.45) is 0. The highest BCUT2D eigenvalue weighted by molar-refractivity contribution is 6.03. The molecule has 0 bridgehead atoms. The third kappa shape index (κ3) is 3.53. The summed E-state index contributed by atoms with van der Waals surface area (Å²) >= 11 is 0. The Hall–Kier alpha value is -3.65. The van der Waals surface area contributed by atoms with Gasteiger partial charge in [-0.1, -0.05) is 17.7 Å². The lowest BCUT2D eigenvalue weighted by atomic mass is 10.1. The fourth-order valence-electron chi connectivity index (χ4n) is 3.25. The van der Waals surface area contributed by atoms with Crippen molar-refractivity contribution in [3.05, 3.63) is 59.3 Å². The molecule has 0 atom stereocenters. The molecule has 0 aliphatic carbocycles. The number of hydrogen-bond acceptors (Lipinski definition) is 8. The van der Waals surface area contributed by atoms with Crippen molar-refractivity contribution in [2.24, 2.45) is 0 Å². The van der Waals surface area contributed by atoms with Gasteiger partial charge in [-0.25, -0.2) is 14.6 Å². The predicted molar refractivity (Wildman–Crippen MR) is 109 cm³/mol. The Balaban J connectivity index is 1.76. The molecule has 0 saturated carbocycles. The first-order chi connectivity index (χ1) is 14.5. The topological polar surface area (TPSA) is 91.1 Å². The minimum atomic E-state index is -0.656. The van der Waals surface area contributed by atoms with Crippen molar-refractivity contribution in [2.75, 3.05) is 32.5 Å². The van der Waals surface area contributed by atoms with Gasteiger partial charge in [-0.15, -0.1) is 0 Å². The first-order valence-electron chi connectivity index (χ1n) is 9.24. The Morgan fingerprint density at radius 2 is 1.77 bits per heavy atom. The van der Waals surface area contributed by atoms with Crippen LogP contribution in [0.5, 0.6) is 0 Å². The standard InChI is InChI=1S/C22H20N2O6/c1-13-4-6-14(7-5-13)20-23-17-9-8-15(10-18(17)30-20)24-12-29-11-16(21(25)27-2)19(24)22(26)28-3/h4-10H,11-12H2,1-3H3. The molecule has 2 heterocycles. The van der Waals surface area contributed by atoms with Gasteiger partial charge in [0.2, 0.25) is 5.89 Å². The van der Waals surface area contributed by atoms with Crippen LogP contribution in [-0.2, 0) is 23.8 Å². The summed E-state index contributed by atoms with van der Waals surface area (Å²) in [5.41, 5.74) is 3.98. The van der Waals surface area contributed by atoms with E-state index >= 15 is 0 Å². The van der Waals surface area contributed by atoms with Gasteiger partial charge in [-0.05, 0) is 31.2 Å². The molecule has 0 unspecified atom stereocenters. The molecule has 0 fully saturated rings. The maximum atomic E-state index is 12.4. The Kier molecular flexibility index (Phi) is 5.24. The highest BCUT2D eigenvalue weighted by Crippen LogP contribution is 2.31. The summed E-state index contributed by atoms with van der Waals surface area (Å²) in [5, 5.41) is 0. The molecular formula is C22H20N2O6. The summed E-state index contributed by atoms with van der Waals surface area (Å²) in [6.45, 7) is 2.03. The second-order valence-corrected chi connectivity index (χ2v) is 6.75. The number of benzene rings is 2. The number of aromatic nitrogens is 1. The maximum Gasteiger partial charge on any atom is 0.355 e. The SMILES string of the molecule is COC(=O)C1=C(C(=O)OC)N(c2ccc3nc(-c4ccc(C)cc4)oc3c2)COC1. The smallest absolute Gasteiger partial charge is 0.355 e. The number of aryl methyl sites for hydroxylation is 1. The number of oxazole rings is 1. The van der Waals surface area contributed by atoms with Gasteiger partial charge in [0.15, 0.2) is 5.58 Å². The first-order valence-corrected chi connectivity index (χ1v) is 9.24. The number of methoxy groups -OCH3 is 2. The highest BCUT2D eigenvalue weighted by Gasteiger charge is 2.32. The monoisotopic (exact) mass is 408 g/mol. The third-order valence-corrected chi connectivity index (χ3v) is 4.82. The second-order valence-electron chi connectivity index (χ2n) is 6.75. The number of rotatable bonds is 4. The molecule has 0 saturated heterocycles. The summed E-state index contributed by atoms with van der Waals surface area (Å²) in [5.74, 6) is -0.810. The van der Waals surface area contributed by atoms with Crippen molar-refractivity contribution < 1.29 is 28.2 Å².